The summed E-state index contributed by atoms with van der Waals surface area (Å²) in [6.07, 6.45) is 5.13. The standard InChI is InChI=1S/C17H23BrN2O2S/c1-2-19-12-15-16(13-6-8-14(18)9-7-13)23(21,22)20-17(15)10-4-3-5-11-17/h6-9,19-20H,2-5,10-12H2,1H3. The van der Waals surface area contributed by atoms with Crippen LogP contribution < -0.4 is 10.0 Å². The number of rotatable bonds is 4. The van der Waals surface area contributed by atoms with Crippen molar-refractivity contribution in [2.75, 3.05) is 13.1 Å². The SMILES string of the molecule is CCNCC1=C(c2ccc(Br)cc2)S(=O)(=O)NC12CCCCC2. The maximum Gasteiger partial charge on any atom is 0.242 e. The van der Waals surface area contributed by atoms with Crippen LogP contribution in [-0.4, -0.2) is 27.0 Å². The van der Waals surface area contributed by atoms with Gasteiger partial charge in [0.1, 0.15) is 0 Å². The average molecular weight is 399 g/mol. The first-order chi connectivity index (χ1) is 11.0. The van der Waals surface area contributed by atoms with Gasteiger partial charge in [0, 0.05) is 11.0 Å². The van der Waals surface area contributed by atoms with Crippen molar-refractivity contribution in [1.29, 1.82) is 0 Å². The number of benzene rings is 1. The molecule has 4 nitrogen and oxygen atoms in total. The van der Waals surface area contributed by atoms with Gasteiger partial charge in [0.15, 0.2) is 0 Å². The molecule has 126 valence electrons. The third kappa shape index (κ3) is 3.27. The molecule has 1 aromatic rings. The number of hydrogen-bond donors (Lipinski definition) is 2. The van der Waals surface area contributed by atoms with E-state index in [1.165, 1.54) is 6.42 Å². The molecule has 23 heavy (non-hydrogen) atoms. The monoisotopic (exact) mass is 398 g/mol. The average Bonchev–Trinajstić information content (AvgIpc) is 2.73. The molecule has 0 amide bonds. The Morgan fingerprint density at radius 1 is 1.17 bits per heavy atom. The number of likely N-dealkylation sites (N-methyl/N-ethyl adjacent to an activating group) is 1. The molecule has 1 aliphatic heterocycles. The molecule has 0 bridgehead atoms. The Morgan fingerprint density at radius 3 is 2.43 bits per heavy atom. The molecule has 2 N–H and O–H groups in total. The number of nitrogens with one attached hydrogen (secondary N) is 2. The van der Waals surface area contributed by atoms with E-state index >= 15 is 0 Å². The highest BCUT2D eigenvalue weighted by Crippen LogP contribution is 2.45. The second-order valence-corrected chi connectivity index (χ2v) is 8.88. The lowest BCUT2D eigenvalue weighted by atomic mass is 9.76. The van der Waals surface area contributed by atoms with E-state index in [1.54, 1.807) is 0 Å². The van der Waals surface area contributed by atoms with Crippen molar-refractivity contribution in [3.63, 3.8) is 0 Å². The van der Waals surface area contributed by atoms with Crippen LogP contribution >= 0.6 is 15.9 Å². The van der Waals surface area contributed by atoms with Gasteiger partial charge in [-0.15, -0.1) is 0 Å². The van der Waals surface area contributed by atoms with Crippen LogP contribution in [-0.2, 0) is 10.0 Å². The Morgan fingerprint density at radius 2 is 1.83 bits per heavy atom. The predicted molar refractivity (Wildman–Crippen MR) is 97.5 cm³/mol. The molecule has 0 atom stereocenters. The van der Waals surface area contributed by atoms with Gasteiger partial charge in [0.25, 0.3) is 0 Å². The first kappa shape index (κ1) is 17.1. The van der Waals surface area contributed by atoms with Gasteiger partial charge >= 0.3 is 0 Å². The smallest absolute Gasteiger partial charge is 0.242 e. The van der Waals surface area contributed by atoms with Gasteiger partial charge in [-0.3, -0.25) is 0 Å². The Kier molecular flexibility index (Phi) is 4.97. The predicted octanol–water partition coefficient (Wildman–Crippen LogP) is 3.41. The normalized spacial score (nSPS) is 22.7. The number of halogens is 1. The third-order valence-corrected chi connectivity index (χ3v) is 7.02. The first-order valence-electron chi connectivity index (χ1n) is 8.23. The molecule has 0 aromatic heterocycles. The molecule has 3 rings (SSSR count). The molecule has 1 spiro atoms. The lowest BCUT2D eigenvalue weighted by Gasteiger charge is -2.35. The van der Waals surface area contributed by atoms with Crippen LogP contribution in [0.15, 0.2) is 34.3 Å². The summed E-state index contributed by atoms with van der Waals surface area (Å²) in [6, 6.07) is 7.56. The maximum absolute atomic E-state index is 12.9. The zero-order valence-corrected chi connectivity index (χ0v) is 15.8. The van der Waals surface area contributed by atoms with Crippen LogP contribution in [0.2, 0.25) is 0 Å². The lowest BCUT2D eigenvalue weighted by molar-refractivity contribution is 0.315. The minimum Gasteiger partial charge on any atom is -0.313 e. The largest absolute Gasteiger partial charge is 0.313 e. The van der Waals surface area contributed by atoms with E-state index in [2.05, 4.69) is 26.0 Å². The van der Waals surface area contributed by atoms with Crippen LogP contribution in [0.1, 0.15) is 44.6 Å². The molecule has 6 heteroatoms. The van der Waals surface area contributed by atoms with E-state index in [0.29, 0.717) is 11.4 Å². The van der Waals surface area contributed by atoms with Gasteiger partial charge in [-0.1, -0.05) is 54.2 Å². The van der Waals surface area contributed by atoms with Crippen molar-refractivity contribution >= 4 is 30.9 Å². The summed E-state index contributed by atoms with van der Waals surface area (Å²) < 4.78 is 29.7. The fourth-order valence-electron chi connectivity index (χ4n) is 3.74. The highest BCUT2D eigenvalue weighted by atomic mass is 79.9. The minimum atomic E-state index is -3.47. The lowest BCUT2D eigenvalue weighted by Crippen LogP contribution is -2.47. The Balaban J connectivity index is 2.14. The van der Waals surface area contributed by atoms with E-state index in [1.807, 2.05) is 31.2 Å². The quantitative estimate of drug-likeness (QED) is 0.816. The van der Waals surface area contributed by atoms with Crippen molar-refractivity contribution in [3.05, 3.63) is 39.9 Å². The second kappa shape index (κ2) is 6.67. The highest BCUT2D eigenvalue weighted by molar-refractivity contribution is 9.10. The topological polar surface area (TPSA) is 58.2 Å². The Hall–Kier alpha value is -0.690. The zero-order valence-electron chi connectivity index (χ0n) is 13.4. The molecule has 1 heterocycles. The van der Waals surface area contributed by atoms with E-state index in [4.69, 9.17) is 0 Å². The summed E-state index contributed by atoms with van der Waals surface area (Å²) >= 11 is 3.42. The fourth-order valence-corrected chi connectivity index (χ4v) is 5.99. The van der Waals surface area contributed by atoms with Crippen molar-refractivity contribution in [3.8, 4) is 0 Å². The van der Waals surface area contributed by atoms with E-state index < -0.39 is 10.0 Å². The molecular weight excluding hydrogens is 376 g/mol. The van der Waals surface area contributed by atoms with Crippen molar-refractivity contribution in [2.45, 2.75) is 44.6 Å². The molecule has 0 unspecified atom stereocenters. The molecule has 1 aliphatic carbocycles. The summed E-state index contributed by atoms with van der Waals surface area (Å²) in [7, 11) is -3.47. The maximum atomic E-state index is 12.9. The summed E-state index contributed by atoms with van der Waals surface area (Å²) in [4.78, 5) is 0.479. The highest BCUT2D eigenvalue weighted by Gasteiger charge is 2.48. The summed E-state index contributed by atoms with van der Waals surface area (Å²) in [5.41, 5.74) is 1.40. The van der Waals surface area contributed by atoms with Gasteiger partial charge in [-0.2, -0.15) is 0 Å². The Labute approximate surface area is 146 Å². The third-order valence-electron chi connectivity index (χ3n) is 4.82. The molecule has 1 aromatic carbocycles. The summed E-state index contributed by atoms with van der Waals surface area (Å²) in [5.74, 6) is 0. The summed E-state index contributed by atoms with van der Waals surface area (Å²) in [6.45, 7) is 3.49. The van der Waals surface area contributed by atoms with Crippen molar-refractivity contribution in [2.24, 2.45) is 0 Å². The number of hydrogen-bond acceptors (Lipinski definition) is 3. The molecule has 1 saturated carbocycles. The van der Waals surface area contributed by atoms with Crippen molar-refractivity contribution in [1.82, 2.24) is 10.0 Å². The van der Waals surface area contributed by atoms with Crippen LogP contribution in [0, 0.1) is 0 Å². The van der Waals surface area contributed by atoms with Gasteiger partial charge in [0.05, 0.1) is 10.4 Å². The number of sulfonamides is 1. The summed E-state index contributed by atoms with van der Waals surface area (Å²) in [5, 5.41) is 3.34. The second-order valence-electron chi connectivity index (χ2n) is 6.34. The zero-order chi connectivity index (χ0) is 16.5. The van der Waals surface area contributed by atoms with E-state index in [-0.39, 0.29) is 5.54 Å². The van der Waals surface area contributed by atoms with Crippen LogP contribution in [0.4, 0.5) is 0 Å². The van der Waals surface area contributed by atoms with E-state index in [0.717, 1.165) is 47.8 Å². The van der Waals surface area contributed by atoms with Crippen molar-refractivity contribution < 1.29 is 8.42 Å². The molecular formula is C17H23BrN2O2S. The molecule has 1 fully saturated rings. The first-order valence-corrected chi connectivity index (χ1v) is 10.5. The van der Waals surface area contributed by atoms with E-state index in [9.17, 15) is 8.42 Å². The van der Waals surface area contributed by atoms with Gasteiger partial charge < -0.3 is 5.32 Å². The Bertz CT molecular complexity index is 705. The van der Waals surface area contributed by atoms with Crippen LogP contribution in [0.5, 0.6) is 0 Å². The molecule has 0 saturated heterocycles. The van der Waals surface area contributed by atoms with Crippen LogP contribution in [0.25, 0.3) is 4.91 Å². The van der Waals surface area contributed by atoms with Gasteiger partial charge in [0.2, 0.25) is 10.0 Å². The van der Waals surface area contributed by atoms with Gasteiger partial charge in [-0.05, 0) is 42.7 Å². The van der Waals surface area contributed by atoms with Crippen LogP contribution in [0.3, 0.4) is 0 Å². The minimum absolute atomic E-state index is 0.387. The molecule has 2 aliphatic rings. The molecule has 0 radical (unpaired) electrons. The fraction of sp³-hybridized carbons (Fsp3) is 0.529. The van der Waals surface area contributed by atoms with Gasteiger partial charge in [-0.25, -0.2) is 13.1 Å².